The van der Waals surface area contributed by atoms with E-state index in [0.717, 1.165) is 38.1 Å². The predicted molar refractivity (Wildman–Crippen MR) is 86.4 cm³/mol. The Kier molecular flexibility index (Phi) is 4.99. The van der Waals surface area contributed by atoms with Crippen LogP contribution in [0.3, 0.4) is 0 Å². The normalized spacial score (nSPS) is 19.3. The van der Waals surface area contributed by atoms with E-state index in [1.165, 1.54) is 11.0 Å². The van der Waals surface area contributed by atoms with Gasteiger partial charge >= 0.3 is 6.18 Å². The minimum atomic E-state index is -4.58. The van der Waals surface area contributed by atoms with Crippen molar-refractivity contribution in [2.24, 2.45) is 0 Å². The highest BCUT2D eigenvalue weighted by molar-refractivity contribution is 5.99. The van der Waals surface area contributed by atoms with Crippen LogP contribution in [0.25, 0.3) is 0 Å². The molecule has 8 heteroatoms. The monoisotopic (exact) mass is 355 g/mol. The smallest absolute Gasteiger partial charge is 0.349 e. The third kappa shape index (κ3) is 4.12. The molecule has 2 saturated heterocycles. The van der Waals surface area contributed by atoms with Crippen LogP contribution in [0.4, 0.5) is 18.9 Å². The number of anilines is 1. The first-order chi connectivity index (χ1) is 11.8. The number of amides is 2. The number of rotatable bonds is 3. The second kappa shape index (κ2) is 7.03. The van der Waals surface area contributed by atoms with Gasteiger partial charge < -0.3 is 15.5 Å². The molecule has 25 heavy (non-hydrogen) atoms. The molecule has 3 rings (SSSR count). The van der Waals surface area contributed by atoms with E-state index < -0.39 is 17.6 Å². The van der Waals surface area contributed by atoms with Crippen LogP contribution in [0.5, 0.6) is 0 Å². The summed E-state index contributed by atoms with van der Waals surface area (Å²) in [6, 6.07) is 3.10. The van der Waals surface area contributed by atoms with Gasteiger partial charge in [0.2, 0.25) is 5.91 Å². The van der Waals surface area contributed by atoms with Crippen LogP contribution in [-0.4, -0.2) is 37.5 Å². The first-order valence-electron chi connectivity index (χ1n) is 8.39. The zero-order valence-electron chi connectivity index (χ0n) is 13.7. The lowest BCUT2D eigenvalue weighted by atomic mass is 10.0. The Morgan fingerprint density at radius 2 is 1.92 bits per heavy atom. The number of nitrogens with one attached hydrogen (secondary N) is 2. The molecular formula is C17H20F3N3O2. The van der Waals surface area contributed by atoms with Gasteiger partial charge in [0.15, 0.2) is 0 Å². The third-order valence-electron chi connectivity index (χ3n) is 4.57. The molecule has 2 heterocycles. The summed E-state index contributed by atoms with van der Waals surface area (Å²) < 4.78 is 39.6. The van der Waals surface area contributed by atoms with E-state index in [2.05, 4.69) is 10.6 Å². The summed E-state index contributed by atoms with van der Waals surface area (Å²) in [5.74, 6) is -0.755. The van der Waals surface area contributed by atoms with E-state index in [1.54, 1.807) is 0 Å². The minimum absolute atomic E-state index is 0.0554. The maximum absolute atomic E-state index is 13.2. The van der Waals surface area contributed by atoms with Crippen molar-refractivity contribution in [3.05, 3.63) is 29.3 Å². The molecule has 0 atom stereocenters. The molecule has 0 saturated carbocycles. The fraction of sp³-hybridized carbons (Fsp3) is 0.529. The first-order valence-corrected chi connectivity index (χ1v) is 8.39. The van der Waals surface area contributed by atoms with Crippen molar-refractivity contribution in [3.8, 4) is 0 Å². The maximum atomic E-state index is 13.2. The molecular weight excluding hydrogens is 335 g/mol. The number of hydrogen-bond donors (Lipinski definition) is 2. The van der Waals surface area contributed by atoms with Crippen LogP contribution >= 0.6 is 0 Å². The number of halogens is 3. The number of nitrogens with zero attached hydrogens (tertiary/aromatic N) is 1. The van der Waals surface area contributed by atoms with E-state index in [1.807, 2.05) is 0 Å². The molecule has 0 aliphatic carbocycles. The quantitative estimate of drug-likeness (QED) is 0.875. The summed E-state index contributed by atoms with van der Waals surface area (Å²) in [7, 11) is 0. The Morgan fingerprint density at radius 1 is 1.20 bits per heavy atom. The second-order valence-corrected chi connectivity index (χ2v) is 6.41. The lowest BCUT2D eigenvalue weighted by Gasteiger charge is -2.24. The van der Waals surface area contributed by atoms with Crippen LogP contribution in [-0.2, 0) is 11.0 Å². The van der Waals surface area contributed by atoms with Gasteiger partial charge in [-0.25, -0.2) is 0 Å². The van der Waals surface area contributed by atoms with Gasteiger partial charge in [-0.15, -0.1) is 0 Å². The maximum Gasteiger partial charge on any atom is 0.416 e. The highest BCUT2D eigenvalue weighted by Gasteiger charge is 2.33. The van der Waals surface area contributed by atoms with Crippen molar-refractivity contribution < 1.29 is 22.8 Å². The predicted octanol–water partition coefficient (Wildman–Crippen LogP) is 2.31. The zero-order valence-corrected chi connectivity index (χ0v) is 13.7. The number of alkyl halides is 3. The molecule has 136 valence electrons. The minimum Gasteiger partial charge on any atom is -0.349 e. The van der Waals surface area contributed by atoms with Gasteiger partial charge in [-0.2, -0.15) is 13.2 Å². The SMILES string of the molecule is O=C(NC1CCNCC1)c1cc(N2CCCC2=O)cc(C(F)(F)F)c1. The summed E-state index contributed by atoms with van der Waals surface area (Å²) in [6.45, 7) is 1.90. The van der Waals surface area contributed by atoms with Crippen LogP contribution in [0, 0.1) is 0 Å². The molecule has 0 radical (unpaired) electrons. The van der Waals surface area contributed by atoms with Crippen molar-refractivity contribution in [1.29, 1.82) is 0 Å². The Labute approximate surface area is 143 Å². The molecule has 2 amide bonds. The highest BCUT2D eigenvalue weighted by Crippen LogP contribution is 2.34. The fourth-order valence-corrected chi connectivity index (χ4v) is 3.22. The molecule has 1 aromatic carbocycles. The second-order valence-electron chi connectivity index (χ2n) is 6.41. The molecule has 2 aliphatic rings. The largest absolute Gasteiger partial charge is 0.416 e. The summed E-state index contributed by atoms with van der Waals surface area (Å²) in [6.07, 6.45) is -2.19. The molecule has 2 fully saturated rings. The molecule has 5 nitrogen and oxygen atoms in total. The average Bonchev–Trinajstić information content (AvgIpc) is 3.00. The topological polar surface area (TPSA) is 61.4 Å². The zero-order chi connectivity index (χ0) is 18.0. The Morgan fingerprint density at radius 3 is 2.52 bits per heavy atom. The van der Waals surface area contributed by atoms with Crippen LogP contribution in [0.15, 0.2) is 18.2 Å². The van der Waals surface area contributed by atoms with Gasteiger partial charge in [0.05, 0.1) is 5.56 Å². The van der Waals surface area contributed by atoms with Gasteiger partial charge in [-0.3, -0.25) is 9.59 Å². The van der Waals surface area contributed by atoms with Crippen LogP contribution < -0.4 is 15.5 Å². The van der Waals surface area contributed by atoms with E-state index >= 15 is 0 Å². The van der Waals surface area contributed by atoms with Crippen molar-refractivity contribution in [3.63, 3.8) is 0 Å². The van der Waals surface area contributed by atoms with Gasteiger partial charge in [0.1, 0.15) is 0 Å². The molecule has 2 aliphatic heterocycles. The summed E-state index contributed by atoms with van der Waals surface area (Å²) in [4.78, 5) is 25.6. The van der Waals surface area contributed by atoms with Gasteiger partial charge in [0.25, 0.3) is 5.91 Å². The molecule has 0 spiro atoms. The molecule has 1 aromatic rings. The van der Waals surface area contributed by atoms with E-state index in [9.17, 15) is 22.8 Å². The Bertz CT molecular complexity index is 670. The molecule has 0 aromatic heterocycles. The van der Waals surface area contributed by atoms with Gasteiger partial charge in [-0.05, 0) is 50.6 Å². The Balaban J connectivity index is 1.88. The number of piperidine rings is 1. The van der Waals surface area contributed by atoms with Crippen molar-refractivity contribution in [2.45, 2.75) is 37.9 Å². The van der Waals surface area contributed by atoms with Crippen LogP contribution in [0.1, 0.15) is 41.6 Å². The molecule has 0 unspecified atom stereocenters. The summed E-state index contributed by atoms with van der Waals surface area (Å²) in [5.41, 5.74) is -0.851. The highest BCUT2D eigenvalue weighted by atomic mass is 19.4. The van der Waals surface area contributed by atoms with E-state index in [4.69, 9.17) is 0 Å². The van der Waals surface area contributed by atoms with E-state index in [0.29, 0.717) is 19.4 Å². The van der Waals surface area contributed by atoms with Crippen molar-refractivity contribution >= 4 is 17.5 Å². The van der Waals surface area contributed by atoms with Crippen LogP contribution in [0.2, 0.25) is 0 Å². The standard InChI is InChI=1S/C17H20F3N3O2/c18-17(19,20)12-8-11(16(25)22-13-3-5-21-6-4-13)9-14(10-12)23-7-1-2-15(23)24/h8-10,13,21H,1-7H2,(H,22,25). The van der Waals surface area contributed by atoms with Crippen molar-refractivity contribution in [2.75, 3.05) is 24.5 Å². The third-order valence-corrected chi connectivity index (χ3v) is 4.57. The van der Waals surface area contributed by atoms with Crippen molar-refractivity contribution in [1.82, 2.24) is 10.6 Å². The first kappa shape index (κ1) is 17.7. The lowest BCUT2D eigenvalue weighted by Crippen LogP contribution is -2.42. The molecule has 0 bridgehead atoms. The van der Waals surface area contributed by atoms with E-state index in [-0.39, 0.29) is 23.2 Å². The average molecular weight is 355 g/mol. The van der Waals surface area contributed by atoms with Gasteiger partial charge in [0, 0.05) is 30.3 Å². The Hall–Kier alpha value is -2.09. The number of carbonyl (C=O) groups excluding carboxylic acids is 2. The fourth-order valence-electron chi connectivity index (χ4n) is 3.22. The lowest BCUT2D eigenvalue weighted by molar-refractivity contribution is -0.137. The summed E-state index contributed by atoms with van der Waals surface area (Å²) >= 11 is 0. The van der Waals surface area contributed by atoms with Gasteiger partial charge in [-0.1, -0.05) is 0 Å². The number of hydrogen-bond acceptors (Lipinski definition) is 3. The summed E-state index contributed by atoms with van der Waals surface area (Å²) in [5, 5.41) is 5.96. The number of carbonyl (C=O) groups is 2. The molecule has 2 N–H and O–H groups in total. The number of benzene rings is 1.